The molecule has 7 heteroatoms. The number of ether oxygens (including phenoxy) is 2. The van der Waals surface area contributed by atoms with Crippen molar-refractivity contribution < 1.29 is 29.0 Å². The van der Waals surface area contributed by atoms with Gasteiger partial charge in [0.15, 0.2) is 0 Å². The van der Waals surface area contributed by atoms with E-state index in [1.165, 1.54) is 18.9 Å². The van der Waals surface area contributed by atoms with E-state index in [1.54, 1.807) is 41.5 Å². The van der Waals surface area contributed by atoms with Gasteiger partial charge in [-0.15, -0.1) is 0 Å². The Morgan fingerprint density at radius 2 is 1.54 bits per heavy atom. The number of hydrogen-bond donors (Lipinski definition) is 1. The number of carbonyl (C=O) groups excluding carboxylic acids is 2. The SMILES string of the molecule is COC(=O)C(C)(C)CC(C)(CSCCC(=O)O)C(=O)OC(C)(C)C. The van der Waals surface area contributed by atoms with Crippen molar-refractivity contribution in [1.82, 2.24) is 0 Å². The summed E-state index contributed by atoms with van der Waals surface area (Å²) in [5, 5.41) is 8.73. The number of hydrogen-bond acceptors (Lipinski definition) is 6. The fourth-order valence-corrected chi connectivity index (χ4v) is 3.50. The molecule has 0 radical (unpaired) electrons. The van der Waals surface area contributed by atoms with Crippen LogP contribution in [0.4, 0.5) is 0 Å². The number of carboxylic acid groups (broad SMARTS) is 1. The molecule has 0 aromatic heterocycles. The van der Waals surface area contributed by atoms with Gasteiger partial charge < -0.3 is 14.6 Å². The summed E-state index contributed by atoms with van der Waals surface area (Å²) in [5.74, 6) is -0.902. The van der Waals surface area contributed by atoms with Crippen molar-refractivity contribution in [2.75, 3.05) is 18.6 Å². The standard InChI is InChI=1S/C17H30O6S/c1-15(2,3)23-14(21)17(6,11-24-9-8-12(18)19)10-16(4,5)13(20)22-7/h8-11H2,1-7H3,(H,18,19). The van der Waals surface area contributed by atoms with Gasteiger partial charge in [-0.2, -0.15) is 11.8 Å². The summed E-state index contributed by atoms with van der Waals surface area (Å²) in [4.78, 5) is 35.3. The van der Waals surface area contributed by atoms with Crippen LogP contribution in [0.5, 0.6) is 0 Å². The zero-order chi connectivity index (χ0) is 19.2. The highest BCUT2D eigenvalue weighted by molar-refractivity contribution is 7.99. The van der Waals surface area contributed by atoms with Crippen LogP contribution in [0.1, 0.15) is 54.4 Å². The smallest absolute Gasteiger partial charge is 0.313 e. The average Bonchev–Trinajstić information content (AvgIpc) is 2.40. The lowest BCUT2D eigenvalue weighted by Gasteiger charge is -2.36. The zero-order valence-electron chi connectivity index (χ0n) is 15.7. The van der Waals surface area contributed by atoms with Gasteiger partial charge in [0.2, 0.25) is 0 Å². The molecule has 140 valence electrons. The first-order chi connectivity index (χ1) is 10.7. The first-order valence-corrected chi connectivity index (χ1v) is 9.00. The molecule has 0 rings (SSSR count). The van der Waals surface area contributed by atoms with Gasteiger partial charge in [0.05, 0.1) is 24.4 Å². The fourth-order valence-electron chi connectivity index (χ4n) is 2.36. The predicted octanol–water partition coefficient (Wildman–Crippen LogP) is 3.13. The van der Waals surface area contributed by atoms with E-state index in [9.17, 15) is 14.4 Å². The maximum absolute atomic E-state index is 12.7. The Morgan fingerprint density at radius 1 is 1.00 bits per heavy atom. The molecule has 1 N–H and O–H groups in total. The second-order valence-corrected chi connectivity index (χ2v) is 8.92. The summed E-state index contributed by atoms with van der Waals surface area (Å²) in [6.45, 7) is 10.6. The van der Waals surface area contributed by atoms with Gasteiger partial charge in [-0.25, -0.2) is 0 Å². The minimum absolute atomic E-state index is 0.0233. The number of esters is 2. The molecule has 0 aromatic rings. The molecule has 0 heterocycles. The van der Waals surface area contributed by atoms with Crippen LogP contribution in [-0.4, -0.2) is 47.2 Å². The Kier molecular flexibility index (Phi) is 8.29. The van der Waals surface area contributed by atoms with E-state index in [0.717, 1.165) is 0 Å². The molecule has 0 spiro atoms. The van der Waals surface area contributed by atoms with Crippen molar-refractivity contribution in [2.45, 2.75) is 60.0 Å². The van der Waals surface area contributed by atoms with Gasteiger partial charge in [0.25, 0.3) is 0 Å². The Balaban J connectivity index is 5.22. The number of methoxy groups -OCH3 is 1. The summed E-state index contributed by atoms with van der Waals surface area (Å²) in [6.07, 6.45) is 0.275. The zero-order valence-corrected chi connectivity index (χ0v) is 16.5. The molecule has 0 saturated heterocycles. The van der Waals surface area contributed by atoms with Crippen LogP contribution in [0.15, 0.2) is 0 Å². The maximum Gasteiger partial charge on any atom is 0.313 e. The summed E-state index contributed by atoms with van der Waals surface area (Å²) < 4.78 is 10.3. The van der Waals surface area contributed by atoms with Crippen LogP contribution in [0, 0.1) is 10.8 Å². The molecule has 0 fully saturated rings. The molecule has 0 saturated carbocycles. The van der Waals surface area contributed by atoms with Crippen LogP contribution in [0.2, 0.25) is 0 Å². The maximum atomic E-state index is 12.7. The van der Waals surface area contributed by atoms with Crippen LogP contribution < -0.4 is 0 Å². The second-order valence-electron chi connectivity index (χ2n) is 7.81. The predicted molar refractivity (Wildman–Crippen MR) is 93.9 cm³/mol. The lowest BCUT2D eigenvalue weighted by atomic mass is 9.75. The van der Waals surface area contributed by atoms with Gasteiger partial charge in [0.1, 0.15) is 5.60 Å². The Bertz CT molecular complexity index is 466. The van der Waals surface area contributed by atoms with Crippen LogP contribution in [-0.2, 0) is 23.9 Å². The van der Waals surface area contributed by atoms with Gasteiger partial charge >= 0.3 is 17.9 Å². The molecule has 0 aliphatic heterocycles. The molecule has 24 heavy (non-hydrogen) atoms. The molecule has 0 aliphatic rings. The number of carbonyl (C=O) groups is 3. The van der Waals surface area contributed by atoms with E-state index in [1.807, 2.05) is 0 Å². The normalized spacial score (nSPS) is 14.6. The number of aliphatic carboxylic acids is 1. The minimum Gasteiger partial charge on any atom is -0.481 e. The second kappa shape index (κ2) is 8.74. The van der Waals surface area contributed by atoms with E-state index < -0.39 is 34.3 Å². The number of thioether (sulfide) groups is 1. The molecule has 0 aromatic carbocycles. The Hall–Kier alpha value is -1.24. The largest absolute Gasteiger partial charge is 0.481 e. The number of rotatable bonds is 9. The lowest BCUT2D eigenvalue weighted by molar-refractivity contribution is -0.169. The third-order valence-electron chi connectivity index (χ3n) is 3.34. The highest BCUT2D eigenvalue weighted by atomic mass is 32.2. The molecular formula is C17H30O6S. The van der Waals surface area contributed by atoms with Gasteiger partial charge in [0, 0.05) is 11.5 Å². The molecule has 0 bridgehead atoms. The summed E-state index contributed by atoms with van der Waals surface area (Å²) in [7, 11) is 1.32. The first kappa shape index (κ1) is 22.8. The van der Waals surface area contributed by atoms with Crippen LogP contribution in [0.25, 0.3) is 0 Å². The van der Waals surface area contributed by atoms with Crippen molar-refractivity contribution >= 4 is 29.7 Å². The van der Waals surface area contributed by atoms with Crippen molar-refractivity contribution in [1.29, 1.82) is 0 Å². The van der Waals surface area contributed by atoms with Crippen LogP contribution >= 0.6 is 11.8 Å². The summed E-state index contributed by atoms with van der Waals surface area (Å²) in [6, 6.07) is 0. The summed E-state index contributed by atoms with van der Waals surface area (Å²) in [5.41, 5.74) is -2.42. The van der Waals surface area contributed by atoms with Crippen molar-refractivity contribution in [3.05, 3.63) is 0 Å². The Morgan fingerprint density at radius 3 is 1.96 bits per heavy atom. The molecule has 0 aliphatic carbocycles. The monoisotopic (exact) mass is 362 g/mol. The van der Waals surface area contributed by atoms with E-state index in [4.69, 9.17) is 14.6 Å². The Labute approximate surface area is 148 Å². The quantitative estimate of drug-likeness (QED) is 0.498. The third kappa shape index (κ3) is 8.04. The molecule has 0 amide bonds. The molecular weight excluding hydrogens is 332 g/mol. The highest BCUT2D eigenvalue weighted by Crippen LogP contribution is 2.39. The van der Waals surface area contributed by atoms with Crippen molar-refractivity contribution in [3.63, 3.8) is 0 Å². The van der Waals surface area contributed by atoms with E-state index in [-0.39, 0.29) is 12.8 Å². The van der Waals surface area contributed by atoms with E-state index >= 15 is 0 Å². The topological polar surface area (TPSA) is 89.9 Å². The lowest BCUT2D eigenvalue weighted by Crippen LogP contribution is -2.42. The molecule has 6 nitrogen and oxygen atoms in total. The van der Waals surface area contributed by atoms with Gasteiger partial charge in [-0.1, -0.05) is 0 Å². The van der Waals surface area contributed by atoms with Gasteiger partial charge in [-0.3, -0.25) is 14.4 Å². The third-order valence-corrected chi connectivity index (χ3v) is 4.68. The van der Waals surface area contributed by atoms with E-state index in [0.29, 0.717) is 11.5 Å². The molecule has 1 unspecified atom stereocenters. The molecule has 1 atom stereocenters. The summed E-state index contributed by atoms with van der Waals surface area (Å²) >= 11 is 1.37. The van der Waals surface area contributed by atoms with E-state index in [2.05, 4.69) is 0 Å². The highest BCUT2D eigenvalue weighted by Gasteiger charge is 2.44. The number of carboxylic acids is 1. The van der Waals surface area contributed by atoms with Crippen molar-refractivity contribution in [2.24, 2.45) is 10.8 Å². The fraction of sp³-hybridized carbons (Fsp3) is 0.824. The van der Waals surface area contributed by atoms with Crippen LogP contribution in [0.3, 0.4) is 0 Å². The van der Waals surface area contributed by atoms with Gasteiger partial charge in [-0.05, 0) is 48.0 Å². The average molecular weight is 362 g/mol. The van der Waals surface area contributed by atoms with Crippen molar-refractivity contribution in [3.8, 4) is 0 Å². The minimum atomic E-state index is -0.922. The first-order valence-electron chi connectivity index (χ1n) is 7.85.